The van der Waals surface area contributed by atoms with Crippen LogP contribution in [0.1, 0.15) is 12.5 Å². The van der Waals surface area contributed by atoms with Crippen LogP contribution in [0.4, 0.5) is 10.1 Å². The molecule has 2 rings (SSSR count). The molecule has 27 heavy (non-hydrogen) atoms. The fourth-order valence-corrected chi connectivity index (χ4v) is 2.43. The number of hydrogen-bond acceptors (Lipinski definition) is 5. The van der Waals surface area contributed by atoms with Crippen molar-refractivity contribution in [1.29, 1.82) is 0 Å². The van der Waals surface area contributed by atoms with E-state index in [0.29, 0.717) is 17.1 Å². The number of amides is 1. The fraction of sp³-hybridized carbons (Fsp3) is 0.263. The lowest BCUT2D eigenvalue weighted by atomic mass is 10.1. The van der Waals surface area contributed by atoms with Crippen molar-refractivity contribution in [1.82, 2.24) is 0 Å². The Bertz CT molecular complexity index is 843. The number of rotatable bonds is 7. The van der Waals surface area contributed by atoms with E-state index >= 15 is 0 Å². The SMILES string of the molecule is COc1ccc(CC(=O)OC(C)C(=O)Nc2ccc(Cl)cc2F)cc1OC. The third kappa shape index (κ3) is 5.59. The van der Waals surface area contributed by atoms with Crippen molar-refractivity contribution in [3.8, 4) is 11.5 Å². The Morgan fingerprint density at radius 2 is 1.81 bits per heavy atom. The molecule has 1 amide bonds. The molecule has 2 aromatic rings. The molecule has 0 aliphatic carbocycles. The van der Waals surface area contributed by atoms with E-state index in [1.807, 2.05) is 0 Å². The molecule has 0 radical (unpaired) electrons. The summed E-state index contributed by atoms with van der Waals surface area (Å²) in [6.45, 7) is 1.40. The number of hydrogen-bond donors (Lipinski definition) is 1. The summed E-state index contributed by atoms with van der Waals surface area (Å²) in [4.78, 5) is 24.2. The Hall–Kier alpha value is -2.80. The van der Waals surface area contributed by atoms with Crippen LogP contribution in [0.25, 0.3) is 0 Å². The second kappa shape index (κ2) is 9.23. The van der Waals surface area contributed by atoms with E-state index in [-0.39, 0.29) is 17.1 Å². The van der Waals surface area contributed by atoms with E-state index in [9.17, 15) is 14.0 Å². The van der Waals surface area contributed by atoms with Crippen LogP contribution in [0.3, 0.4) is 0 Å². The van der Waals surface area contributed by atoms with Gasteiger partial charge >= 0.3 is 5.97 Å². The number of esters is 1. The van der Waals surface area contributed by atoms with Crippen LogP contribution in [-0.4, -0.2) is 32.2 Å². The molecule has 1 unspecified atom stereocenters. The average molecular weight is 396 g/mol. The summed E-state index contributed by atoms with van der Waals surface area (Å²) >= 11 is 5.66. The number of methoxy groups -OCH3 is 2. The first kappa shape index (κ1) is 20.5. The molecule has 8 heteroatoms. The van der Waals surface area contributed by atoms with E-state index in [0.717, 1.165) is 6.07 Å². The average Bonchev–Trinajstić information content (AvgIpc) is 2.63. The molecule has 0 spiro atoms. The third-order valence-corrected chi connectivity index (χ3v) is 3.90. The lowest BCUT2D eigenvalue weighted by Crippen LogP contribution is -2.30. The van der Waals surface area contributed by atoms with E-state index in [4.69, 9.17) is 25.8 Å². The minimum Gasteiger partial charge on any atom is -0.493 e. The number of anilines is 1. The predicted molar refractivity (Wildman–Crippen MR) is 98.8 cm³/mol. The Labute approximate surface area is 161 Å². The van der Waals surface area contributed by atoms with Crippen molar-refractivity contribution < 1.29 is 28.2 Å². The summed E-state index contributed by atoms with van der Waals surface area (Å²) < 4.78 is 29.1. The molecular formula is C19H19ClFNO5. The number of carbonyl (C=O) groups is 2. The van der Waals surface area contributed by atoms with Gasteiger partial charge < -0.3 is 19.5 Å². The van der Waals surface area contributed by atoms with Crippen LogP contribution < -0.4 is 14.8 Å². The van der Waals surface area contributed by atoms with Crippen molar-refractivity contribution in [2.75, 3.05) is 19.5 Å². The van der Waals surface area contributed by atoms with Gasteiger partial charge in [-0.05, 0) is 42.8 Å². The van der Waals surface area contributed by atoms with Crippen molar-refractivity contribution >= 4 is 29.2 Å². The molecule has 2 aromatic carbocycles. The molecule has 1 N–H and O–H groups in total. The zero-order valence-electron chi connectivity index (χ0n) is 15.0. The van der Waals surface area contributed by atoms with Gasteiger partial charge in [0.05, 0.1) is 26.3 Å². The summed E-state index contributed by atoms with van der Waals surface area (Å²) in [5.41, 5.74) is 0.584. The van der Waals surface area contributed by atoms with Crippen molar-refractivity contribution in [3.63, 3.8) is 0 Å². The van der Waals surface area contributed by atoms with E-state index in [2.05, 4.69) is 5.32 Å². The molecule has 0 fully saturated rings. The van der Waals surface area contributed by atoms with Crippen LogP contribution >= 0.6 is 11.6 Å². The van der Waals surface area contributed by atoms with Crippen LogP contribution in [-0.2, 0) is 20.7 Å². The summed E-state index contributed by atoms with van der Waals surface area (Å²) in [5, 5.41) is 2.56. The Balaban J connectivity index is 1.95. The second-order valence-electron chi connectivity index (χ2n) is 5.61. The lowest BCUT2D eigenvalue weighted by molar-refractivity contribution is -0.152. The molecule has 0 bridgehead atoms. The highest BCUT2D eigenvalue weighted by Crippen LogP contribution is 2.27. The summed E-state index contributed by atoms with van der Waals surface area (Å²) in [6.07, 6.45) is -1.17. The predicted octanol–water partition coefficient (Wildman–Crippen LogP) is 3.61. The molecule has 0 aliphatic heterocycles. The molecule has 1 atom stereocenters. The number of nitrogens with one attached hydrogen (secondary N) is 1. The molecule has 0 saturated heterocycles. The van der Waals surface area contributed by atoms with E-state index in [1.54, 1.807) is 18.2 Å². The molecule has 6 nitrogen and oxygen atoms in total. The van der Waals surface area contributed by atoms with Crippen LogP contribution in [0, 0.1) is 5.82 Å². The van der Waals surface area contributed by atoms with E-state index < -0.39 is 23.8 Å². The first-order chi connectivity index (χ1) is 12.8. The first-order valence-electron chi connectivity index (χ1n) is 8.00. The fourth-order valence-electron chi connectivity index (χ4n) is 2.27. The van der Waals surface area contributed by atoms with Gasteiger partial charge in [0.25, 0.3) is 5.91 Å². The van der Waals surface area contributed by atoms with Crippen LogP contribution in [0.5, 0.6) is 11.5 Å². The highest BCUT2D eigenvalue weighted by molar-refractivity contribution is 6.30. The van der Waals surface area contributed by atoms with Gasteiger partial charge in [-0.1, -0.05) is 17.7 Å². The third-order valence-electron chi connectivity index (χ3n) is 3.66. The highest BCUT2D eigenvalue weighted by Gasteiger charge is 2.20. The lowest BCUT2D eigenvalue weighted by Gasteiger charge is -2.14. The van der Waals surface area contributed by atoms with Crippen molar-refractivity contribution in [2.24, 2.45) is 0 Å². The van der Waals surface area contributed by atoms with Crippen LogP contribution in [0.2, 0.25) is 5.02 Å². The van der Waals surface area contributed by atoms with Gasteiger partial charge in [0.15, 0.2) is 17.6 Å². The maximum atomic E-state index is 13.7. The first-order valence-corrected chi connectivity index (χ1v) is 8.38. The maximum absolute atomic E-state index is 13.7. The minimum atomic E-state index is -1.10. The molecule has 0 aromatic heterocycles. The molecular weight excluding hydrogens is 377 g/mol. The van der Waals surface area contributed by atoms with Gasteiger partial charge in [0.2, 0.25) is 0 Å². The quantitative estimate of drug-likeness (QED) is 0.725. The Morgan fingerprint density at radius 1 is 1.11 bits per heavy atom. The van der Waals surface area contributed by atoms with Crippen molar-refractivity contribution in [3.05, 3.63) is 52.8 Å². The minimum absolute atomic E-state index is 0.0489. The normalized spacial score (nSPS) is 11.4. The smallest absolute Gasteiger partial charge is 0.311 e. The van der Waals surface area contributed by atoms with Gasteiger partial charge in [0.1, 0.15) is 5.82 Å². The standard InChI is InChI=1S/C19H19ClFNO5/c1-11(19(24)22-15-6-5-13(20)10-14(15)21)27-18(23)9-12-4-7-16(25-2)17(8-12)26-3/h4-8,10-11H,9H2,1-3H3,(H,22,24). The van der Waals surface area contributed by atoms with Crippen LogP contribution in [0.15, 0.2) is 36.4 Å². The molecule has 0 aliphatic rings. The molecule has 144 valence electrons. The van der Waals surface area contributed by atoms with Gasteiger partial charge in [-0.2, -0.15) is 0 Å². The molecule has 0 saturated carbocycles. The highest BCUT2D eigenvalue weighted by atomic mass is 35.5. The number of ether oxygens (including phenoxy) is 3. The maximum Gasteiger partial charge on any atom is 0.311 e. The summed E-state index contributed by atoms with van der Waals surface area (Å²) in [7, 11) is 3.00. The van der Waals surface area contributed by atoms with Gasteiger partial charge in [-0.15, -0.1) is 0 Å². The Kier molecular flexibility index (Phi) is 7.01. The van der Waals surface area contributed by atoms with E-state index in [1.165, 1.54) is 33.3 Å². The zero-order chi connectivity index (χ0) is 20.0. The monoisotopic (exact) mass is 395 g/mol. The largest absolute Gasteiger partial charge is 0.493 e. The Morgan fingerprint density at radius 3 is 2.44 bits per heavy atom. The second-order valence-corrected chi connectivity index (χ2v) is 6.05. The number of halogens is 2. The molecule has 0 heterocycles. The van der Waals surface area contributed by atoms with Gasteiger partial charge in [-0.3, -0.25) is 9.59 Å². The zero-order valence-corrected chi connectivity index (χ0v) is 15.8. The van der Waals surface area contributed by atoms with Crippen molar-refractivity contribution in [2.45, 2.75) is 19.4 Å². The summed E-state index contributed by atoms with van der Waals surface area (Å²) in [6, 6.07) is 8.85. The topological polar surface area (TPSA) is 73.9 Å². The summed E-state index contributed by atoms with van der Waals surface area (Å²) in [5.74, 6) is -0.933. The van der Waals surface area contributed by atoms with Gasteiger partial charge in [0, 0.05) is 5.02 Å². The number of carbonyl (C=O) groups excluding carboxylic acids is 2. The van der Waals surface area contributed by atoms with Gasteiger partial charge in [-0.25, -0.2) is 4.39 Å². The number of benzene rings is 2.